The zero-order chi connectivity index (χ0) is 20.1. The maximum Gasteiger partial charge on any atom is 0.411 e. The fraction of sp³-hybridized carbons (Fsp3) is 0.474. The summed E-state index contributed by atoms with van der Waals surface area (Å²) in [4.78, 5) is 0. The Morgan fingerprint density at radius 3 is 2.37 bits per heavy atom. The van der Waals surface area contributed by atoms with E-state index in [9.17, 15) is 13.2 Å². The van der Waals surface area contributed by atoms with Crippen molar-refractivity contribution in [1.82, 2.24) is 14.8 Å². The van der Waals surface area contributed by atoms with E-state index in [0.717, 1.165) is 5.56 Å². The Balaban J connectivity index is 2.09. The van der Waals surface area contributed by atoms with Crippen molar-refractivity contribution in [3.8, 4) is 11.4 Å². The van der Waals surface area contributed by atoms with Gasteiger partial charge in [-0.2, -0.15) is 13.2 Å². The molecule has 0 aliphatic rings. The number of thioether (sulfide) groups is 1. The quantitative estimate of drug-likeness (QED) is 0.352. The molecular weight excluding hydrogens is 375 g/mol. The van der Waals surface area contributed by atoms with Gasteiger partial charge < -0.3 is 4.74 Å². The van der Waals surface area contributed by atoms with Crippen molar-refractivity contribution in [1.29, 1.82) is 0 Å². The third-order valence-electron chi connectivity index (χ3n) is 3.76. The van der Waals surface area contributed by atoms with Crippen LogP contribution in [0.3, 0.4) is 0 Å². The van der Waals surface area contributed by atoms with Gasteiger partial charge in [-0.25, -0.2) is 0 Å². The topological polar surface area (TPSA) is 39.9 Å². The van der Waals surface area contributed by atoms with Crippen LogP contribution in [0.15, 0.2) is 42.1 Å². The Morgan fingerprint density at radius 1 is 1.15 bits per heavy atom. The molecule has 0 aliphatic heterocycles. The third kappa shape index (κ3) is 6.39. The average molecular weight is 399 g/mol. The molecule has 1 aromatic heterocycles. The highest BCUT2D eigenvalue weighted by Gasteiger charge is 2.27. The third-order valence-corrected chi connectivity index (χ3v) is 4.69. The van der Waals surface area contributed by atoms with Crippen molar-refractivity contribution < 1.29 is 17.9 Å². The van der Waals surface area contributed by atoms with E-state index in [1.807, 2.05) is 16.7 Å². The maximum absolute atomic E-state index is 12.1. The molecule has 2 rings (SSSR count). The number of alkyl halides is 3. The molecule has 0 bridgehead atoms. The second kappa shape index (κ2) is 8.93. The number of ether oxygens (including phenoxy) is 1. The van der Waals surface area contributed by atoms with Gasteiger partial charge in [-0.3, -0.25) is 4.57 Å². The van der Waals surface area contributed by atoms with E-state index in [2.05, 4.69) is 54.4 Å². The molecule has 0 N–H and O–H groups in total. The van der Waals surface area contributed by atoms with Crippen LogP contribution in [0.5, 0.6) is 0 Å². The first-order valence-corrected chi connectivity index (χ1v) is 9.52. The highest BCUT2D eigenvalue weighted by molar-refractivity contribution is 7.99. The van der Waals surface area contributed by atoms with Crippen molar-refractivity contribution in [2.75, 3.05) is 19.0 Å². The van der Waals surface area contributed by atoms with Gasteiger partial charge in [0, 0.05) is 17.9 Å². The number of benzene rings is 1. The Bertz CT molecular complexity index is 749. The Morgan fingerprint density at radius 2 is 1.81 bits per heavy atom. The molecule has 0 saturated carbocycles. The summed E-state index contributed by atoms with van der Waals surface area (Å²) in [6.45, 7) is 9.47. The molecule has 0 unspecified atom stereocenters. The maximum atomic E-state index is 12.1. The van der Waals surface area contributed by atoms with Crippen molar-refractivity contribution in [3.05, 3.63) is 42.5 Å². The van der Waals surface area contributed by atoms with Gasteiger partial charge in [0.25, 0.3) is 0 Å². The fourth-order valence-electron chi connectivity index (χ4n) is 2.40. The minimum atomic E-state index is -4.31. The second-order valence-corrected chi connectivity index (χ2v) is 8.11. The van der Waals surface area contributed by atoms with Crippen LogP contribution in [0, 0.1) is 0 Å². The molecule has 0 saturated heterocycles. The summed E-state index contributed by atoms with van der Waals surface area (Å²) in [6.07, 6.45) is -2.57. The van der Waals surface area contributed by atoms with Gasteiger partial charge in [-0.1, -0.05) is 62.9 Å². The first-order chi connectivity index (χ1) is 12.6. The summed E-state index contributed by atoms with van der Waals surface area (Å²) in [7, 11) is 0. The normalized spacial score (nSPS) is 12.4. The summed E-state index contributed by atoms with van der Waals surface area (Å²) < 4.78 is 42.8. The van der Waals surface area contributed by atoms with Crippen LogP contribution in [-0.2, 0) is 16.7 Å². The van der Waals surface area contributed by atoms with Crippen molar-refractivity contribution in [2.24, 2.45) is 0 Å². The first kappa shape index (κ1) is 21.5. The van der Waals surface area contributed by atoms with E-state index in [1.165, 1.54) is 17.3 Å². The van der Waals surface area contributed by atoms with Crippen LogP contribution >= 0.6 is 11.8 Å². The van der Waals surface area contributed by atoms with E-state index >= 15 is 0 Å². The van der Waals surface area contributed by atoms with Gasteiger partial charge in [0.1, 0.15) is 6.61 Å². The largest absolute Gasteiger partial charge is 0.411 e. The van der Waals surface area contributed by atoms with Crippen LogP contribution in [0.4, 0.5) is 13.2 Å². The van der Waals surface area contributed by atoms with E-state index in [4.69, 9.17) is 0 Å². The standard InChI is InChI=1S/C19H24F3N3OS/c1-5-10-25-16(14-6-8-15(9-7-14)18(2,3)4)23-24-17(25)27-12-11-26-13-19(20,21)22/h5-9H,1,10-13H2,2-4H3. The number of rotatable bonds is 8. The van der Waals surface area contributed by atoms with Gasteiger partial charge in [0.15, 0.2) is 11.0 Å². The summed E-state index contributed by atoms with van der Waals surface area (Å²) in [5, 5.41) is 9.06. The van der Waals surface area contributed by atoms with Gasteiger partial charge in [-0.15, -0.1) is 16.8 Å². The second-order valence-electron chi connectivity index (χ2n) is 7.05. The lowest BCUT2D eigenvalue weighted by Gasteiger charge is -2.19. The number of allylic oxidation sites excluding steroid dienone is 1. The van der Waals surface area contributed by atoms with E-state index in [-0.39, 0.29) is 12.0 Å². The van der Waals surface area contributed by atoms with E-state index < -0.39 is 12.8 Å². The first-order valence-electron chi connectivity index (χ1n) is 8.54. The molecule has 1 aromatic carbocycles. The summed E-state index contributed by atoms with van der Waals surface area (Å²) in [5.74, 6) is 1.06. The lowest BCUT2D eigenvalue weighted by atomic mass is 9.87. The molecule has 0 fully saturated rings. The molecule has 0 atom stereocenters. The minimum Gasteiger partial charge on any atom is -0.371 e. The van der Waals surface area contributed by atoms with Gasteiger partial charge in [0.2, 0.25) is 0 Å². The van der Waals surface area contributed by atoms with Crippen molar-refractivity contribution in [3.63, 3.8) is 0 Å². The lowest BCUT2D eigenvalue weighted by Crippen LogP contribution is -2.18. The summed E-state index contributed by atoms with van der Waals surface area (Å²) >= 11 is 1.31. The van der Waals surface area contributed by atoms with Crippen LogP contribution in [-0.4, -0.2) is 39.9 Å². The predicted octanol–water partition coefficient (Wildman–Crippen LogP) is 5.10. The molecule has 1 heterocycles. The number of nitrogens with zero attached hydrogens (tertiary/aromatic N) is 3. The van der Waals surface area contributed by atoms with Crippen LogP contribution in [0.1, 0.15) is 26.3 Å². The predicted molar refractivity (Wildman–Crippen MR) is 102 cm³/mol. The molecule has 4 nitrogen and oxygen atoms in total. The molecular formula is C19H24F3N3OS. The SMILES string of the molecule is C=CCn1c(SCCOCC(F)(F)F)nnc1-c1ccc(C(C)(C)C)cc1. The molecule has 0 radical (unpaired) electrons. The Labute approximate surface area is 161 Å². The molecule has 27 heavy (non-hydrogen) atoms. The Hall–Kier alpha value is -1.80. The molecule has 8 heteroatoms. The zero-order valence-electron chi connectivity index (χ0n) is 15.7. The lowest BCUT2D eigenvalue weighted by molar-refractivity contribution is -0.172. The Kier molecular flexibility index (Phi) is 7.11. The highest BCUT2D eigenvalue weighted by atomic mass is 32.2. The smallest absolute Gasteiger partial charge is 0.371 e. The zero-order valence-corrected chi connectivity index (χ0v) is 16.5. The molecule has 2 aromatic rings. The molecule has 148 valence electrons. The minimum absolute atomic E-state index is 0.0132. The molecule has 0 aliphatic carbocycles. The summed E-state index contributed by atoms with van der Waals surface area (Å²) in [5.41, 5.74) is 2.21. The number of hydrogen-bond acceptors (Lipinski definition) is 4. The van der Waals surface area contributed by atoms with E-state index in [1.54, 1.807) is 6.08 Å². The number of halogens is 3. The van der Waals surface area contributed by atoms with Crippen molar-refractivity contribution >= 4 is 11.8 Å². The van der Waals surface area contributed by atoms with Crippen molar-refractivity contribution in [2.45, 2.75) is 44.1 Å². The average Bonchev–Trinajstić information content (AvgIpc) is 2.96. The van der Waals surface area contributed by atoms with E-state index in [0.29, 0.717) is 23.3 Å². The number of aromatic nitrogens is 3. The van der Waals surface area contributed by atoms with Crippen LogP contribution in [0.2, 0.25) is 0 Å². The van der Waals surface area contributed by atoms with Crippen LogP contribution in [0.25, 0.3) is 11.4 Å². The molecule has 0 amide bonds. The van der Waals surface area contributed by atoms with Gasteiger partial charge in [0.05, 0.1) is 6.61 Å². The number of hydrogen-bond donors (Lipinski definition) is 0. The highest BCUT2D eigenvalue weighted by Crippen LogP contribution is 2.27. The van der Waals surface area contributed by atoms with Gasteiger partial charge in [-0.05, 0) is 11.0 Å². The van der Waals surface area contributed by atoms with Gasteiger partial charge >= 0.3 is 6.18 Å². The fourth-order valence-corrected chi connectivity index (χ4v) is 3.20. The molecule has 0 spiro atoms. The summed E-state index contributed by atoms with van der Waals surface area (Å²) in [6, 6.07) is 8.15. The van der Waals surface area contributed by atoms with Crippen LogP contribution < -0.4 is 0 Å². The monoisotopic (exact) mass is 399 g/mol.